The zero-order chi connectivity index (χ0) is 29.7. The van der Waals surface area contributed by atoms with Crippen LogP contribution in [0.4, 0.5) is 0 Å². The zero-order valence-corrected chi connectivity index (χ0v) is 26.0. The first kappa shape index (κ1) is 55.6. The fourth-order valence-electron chi connectivity index (χ4n) is 4.73. The van der Waals surface area contributed by atoms with Crippen LogP contribution in [0.15, 0.2) is 0 Å². The molecular weight excluding hydrogens is 598 g/mol. The minimum absolute atomic E-state index is 0. The molecule has 0 aliphatic heterocycles. The van der Waals surface area contributed by atoms with E-state index in [4.69, 9.17) is 15.2 Å². The zero-order valence-electron chi connectivity index (χ0n) is 26.0. The van der Waals surface area contributed by atoms with Gasteiger partial charge in [-0.2, -0.15) is 0 Å². The molecule has 0 radical (unpaired) electrons. The summed E-state index contributed by atoms with van der Waals surface area (Å²) in [5.74, 6) is -2.67. The Morgan fingerprint density at radius 1 is 0.432 bits per heavy atom. The van der Waals surface area contributed by atoms with Gasteiger partial charge in [-0.1, -0.05) is 142 Å². The van der Waals surface area contributed by atoms with E-state index in [0.717, 1.165) is 25.7 Å². The van der Waals surface area contributed by atoms with Gasteiger partial charge in [0.25, 0.3) is 0 Å². The number of carbonyl (C=O) groups excluding carboxylic acids is 4. The molecule has 7 nitrogen and oxygen atoms in total. The van der Waals surface area contributed by atoms with Gasteiger partial charge in [0, 0.05) is 19.3 Å². The normalized spacial score (nSPS) is 10.7. The maximum atomic E-state index is 12.0. The van der Waals surface area contributed by atoms with Crippen LogP contribution in [0.25, 0.3) is 0 Å². The van der Waals surface area contributed by atoms with E-state index in [1.807, 2.05) is 0 Å². The summed E-state index contributed by atoms with van der Waals surface area (Å²) >= 11 is 0. The Labute approximate surface area is 358 Å². The molecule has 0 saturated carbocycles. The predicted molar refractivity (Wildman–Crippen MR) is 190 cm³/mol. The number of ether oxygens (including phenoxy) is 2. The van der Waals surface area contributed by atoms with Gasteiger partial charge in [-0.25, -0.2) is 4.79 Å². The Balaban J connectivity index is -0.00000127. The molecule has 44 heavy (non-hydrogen) atoms. The SMILES string of the molecule is CCCCCCCCCCCCCC(=O)OC(=O)CC[C@H](N)C(=O)OC(=O)CCCCCCCCCCCCC.[NaH].[NaH].[NaH].[NaH]. The number of carbonyl (C=O) groups is 4. The summed E-state index contributed by atoms with van der Waals surface area (Å²) in [7, 11) is 0. The first-order valence-corrected chi connectivity index (χ1v) is 16.6. The van der Waals surface area contributed by atoms with Crippen LogP contribution in [0.3, 0.4) is 0 Å². The van der Waals surface area contributed by atoms with Gasteiger partial charge in [0.15, 0.2) is 0 Å². The van der Waals surface area contributed by atoms with Crippen molar-refractivity contribution in [2.24, 2.45) is 5.73 Å². The monoisotopic (exact) mass is 663 g/mol. The van der Waals surface area contributed by atoms with Crippen LogP contribution >= 0.6 is 0 Å². The fraction of sp³-hybridized carbons (Fsp3) is 0.879. The summed E-state index contributed by atoms with van der Waals surface area (Å²) in [5.41, 5.74) is 5.76. The van der Waals surface area contributed by atoms with Crippen molar-refractivity contribution in [3.8, 4) is 0 Å². The molecule has 0 saturated heterocycles. The van der Waals surface area contributed by atoms with E-state index in [1.165, 1.54) is 103 Å². The summed E-state index contributed by atoms with van der Waals surface area (Å²) in [5, 5.41) is 0. The number of nitrogens with two attached hydrogens (primary N) is 1. The van der Waals surface area contributed by atoms with Crippen molar-refractivity contribution in [3.05, 3.63) is 0 Å². The number of hydrogen-bond acceptors (Lipinski definition) is 7. The second-order valence-corrected chi connectivity index (χ2v) is 11.4. The van der Waals surface area contributed by atoms with E-state index >= 15 is 0 Å². The third-order valence-corrected chi connectivity index (χ3v) is 7.37. The van der Waals surface area contributed by atoms with Gasteiger partial charge in [-0.05, 0) is 19.3 Å². The van der Waals surface area contributed by atoms with E-state index in [-0.39, 0.29) is 144 Å². The van der Waals surface area contributed by atoms with E-state index in [2.05, 4.69) is 13.8 Å². The second kappa shape index (κ2) is 43.3. The summed E-state index contributed by atoms with van der Waals surface area (Å²) < 4.78 is 9.64. The van der Waals surface area contributed by atoms with Gasteiger partial charge < -0.3 is 15.2 Å². The van der Waals surface area contributed by atoms with Crippen molar-refractivity contribution >= 4 is 142 Å². The quantitative estimate of drug-likeness (QED) is 0.0470. The number of hydrogen-bond donors (Lipinski definition) is 1. The van der Waals surface area contributed by atoms with E-state index < -0.39 is 29.9 Å². The van der Waals surface area contributed by atoms with Gasteiger partial charge in [0.2, 0.25) is 0 Å². The molecule has 0 aromatic carbocycles. The molecule has 11 heteroatoms. The molecule has 2 N–H and O–H groups in total. The van der Waals surface area contributed by atoms with E-state index in [0.29, 0.717) is 12.8 Å². The first-order chi connectivity index (χ1) is 19.4. The predicted octanol–water partition coefficient (Wildman–Crippen LogP) is 6.04. The van der Waals surface area contributed by atoms with Crippen LogP contribution in [0.1, 0.15) is 181 Å². The summed E-state index contributed by atoms with van der Waals surface area (Å²) in [6.45, 7) is 4.45. The Morgan fingerprint density at radius 3 is 1.05 bits per heavy atom. The molecule has 0 bridgehead atoms. The van der Waals surface area contributed by atoms with Gasteiger partial charge in [-0.15, -0.1) is 0 Å². The molecule has 0 aromatic heterocycles. The fourth-order valence-corrected chi connectivity index (χ4v) is 4.73. The minimum atomic E-state index is -1.10. The summed E-state index contributed by atoms with van der Waals surface area (Å²) in [6.07, 6.45) is 26.2. The average molecular weight is 664 g/mol. The Kier molecular flexibility index (Phi) is 54.7. The Hall–Kier alpha value is 2.24. The van der Waals surface area contributed by atoms with Crippen molar-refractivity contribution in [3.63, 3.8) is 0 Å². The van der Waals surface area contributed by atoms with Crippen molar-refractivity contribution in [2.75, 3.05) is 0 Å². The second-order valence-electron chi connectivity index (χ2n) is 11.4. The van der Waals surface area contributed by atoms with E-state index in [1.54, 1.807) is 0 Å². The Bertz CT molecular complexity index is 670. The van der Waals surface area contributed by atoms with Crippen LogP contribution in [-0.4, -0.2) is 148 Å². The number of rotatable bonds is 28. The Morgan fingerprint density at radius 2 is 0.705 bits per heavy atom. The van der Waals surface area contributed by atoms with Gasteiger partial charge >= 0.3 is 142 Å². The number of unbranched alkanes of at least 4 members (excludes halogenated alkanes) is 20. The molecule has 0 fully saturated rings. The summed E-state index contributed by atoms with van der Waals surface area (Å²) in [6, 6.07) is -1.10. The van der Waals surface area contributed by atoms with Crippen LogP contribution in [-0.2, 0) is 28.7 Å². The van der Waals surface area contributed by atoms with Crippen molar-refractivity contribution < 1.29 is 28.7 Å². The molecule has 0 spiro atoms. The van der Waals surface area contributed by atoms with Gasteiger partial charge in [-0.3, -0.25) is 14.4 Å². The van der Waals surface area contributed by atoms with Crippen LogP contribution in [0.2, 0.25) is 0 Å². The molecular formula is C33H65NNa4O6. The summed E-state index contributed by atoms with van der Waals surface area (Å²) in [4.78, 5) is 47.7. The van der Waals surface area contributed by atoms with Gasteiger partial charge in [0.05, 0.1) is 0 Å². The molecule has 0 rings (SSSR count). The molecule has 0 amide bonds. The topological polar surface area (TPSA) is 113 Å². The maximum absolute atomic E-state index is 12.0. The van der Waals surface area contributed by atoms with Crippen LogP contribution < -0.4 is 5.73 Å². The third kappa shape index (κ3) is 40.4. The first-order valence-electron chi connectivity index (χ1n) is 16.6. The van der Waals surface area contributed by atoms with Crippen LogP contribution in [0, 0.1) is 0 Å². The number of esters is 4. The molecule has 1 atom stereocenters. The van der Waals surface area contributed by atoms with Crippen molar-refractivity contribution in [2.45, 2.75) is 187 Å². The van der Waals surface area contributed by atoms with Gasteiger partial charge in [0.1, 0.15) is 6.04 Å². The average Bonchev–Trinajstić information content (AvgIpc) is 2.93. The standard InChI is InChI=1S/C33H61NO6.4Na.4H/c1-3-5-7-9-11-13-15-17-19-21-23-25-30(35)39-32(37)28-27-29(34)33(38)40-31(36)26-24-22-20-18-16-14-12-10-8-6-4-2;;;;;;;;/h29H,3-28,34H2,1-2H3;;;;;;;;/t29-;;;;;;;;/m0......../s1. The molecule has 242 valence electrons. The van der Waals surface area contributed by atoms with Crippen LogP contribution in [0.5, 0.6) is 0 Å². The molecule has 0 aromatic rings. The van der Waals surface area contributed by atoms with Crippen molar-refractivity contribution in [1.82, 2.24) is 0 Å². The van der Waals surface area contributed by atoms with Crippen molar-refractivity contribution in [1.29, 1.82) is 0 Å². The van der Waals surface area contributed by atoms with E-state index in [9.17, 15) is 19.2 Å². The molecule has 0 unspecified atom stereocenters. The third-order valence-electron chi connectivity index (χ3n) is 7.37. The molecule has 0 heterocycles. The molecule has 0 aliphatic rings. The molecule has 0 aliphatic carbocycles.